The Kier molecular flexibility index (Phi) is 5.33. The highest BCUT2D eigenvalue weighted by molar-refractivity contribution is 7.90. The van der Waals surface area contributed by atoms with E-state index in [9.17, 15) is 8.94 Å². The number of halogens is 1. The van der Waals surface area contributed by atoms with Crippen LogP contribution in [0.5, 0.6) is 0 Å². The average Bonchev–Trinajstić information content (AvgIpc) is 2.90. The third-order valence-electron chi connectivity index (χ3n) is 3.43. The van der Waals surface area contributed by atoms with Crippen LogP contribution in [-0.2, 0) is 11.4 Å². The van der Waals surface area contributed by atoms with E-state index in [0.717, 1.165) is 15.3 Å². The van der Waals surface area contributed by atoms with Crippen molar-refractivity contribution in [2.45, 2.75) is 45.4 Å². The largest absolute Gasteiger partial charge is 0.598 e. The summed E-state index contributed by atoms with van der Waals surface area (Å²) in [6.07, 6.45) is 0. The SMILES string of the molecule is Cc1c(F)cccc1-c1ccc([C@@H](C)N[S+]([O-])C(C)(C)C)s1. The van der Waals surface area contributed by atoms with E-state index in [4.69, 9.17) is 0 Å². The minimum atomic E-state index is -1.11. The number of thiophene rings is 1. The minimum Gasteiger partial charge on any atom is -0.598 e. The Labute approximate surface area is 139 Å². The van der Waals surface area contributed by atoms with Gasteiger partial charge in [0.05, 0.1) is 6.04 Å². The van der Waals surface area contributed by atoms with Gasteiger partial charge < -0.3 is 4.55 Å². The van der Waals surface area contributed by atoms with Gasteiger partial charge in [0.2, 0.25) is 0 Å². The molecule has 0 fully saturated rings. The number of rotatable bonds is 4. The predicted octanol–water partition coefficient (Wildman–Crippen LogP) is 4.98. The quantitative estimate of drug-likeness (QED) is 0.798. The molecule has 2 nitrogen and oxygen atoms in total. The third kappa shape index (κ3) is 3.90. The van der Waals surface area contributed by atoms with Gasteiger partial charge in [-0.15, -0.1) is 16.1 Å². The molecular weight excluding hydrogens is 317 g/mol. The highest BCUT2D eigenvalue weighted by Gasteiger charge is 2.28. The molecule has 2 rings (SSSR count). The van der Waals surface area contributed by atoms with Gasteiger partial charge in [0.15, 0.2) is 0 Å². The summed E-state index contributed by atoms with van der Waals surface area (Å²) in [5.41, 5.74) is 1.58. The molecule has 0 saturated carbocycles. The first-order chi connectivity index (χ1) is 10.2. The molecule has 0 spiro atoms. The first-order valence-corrected chi connectivity index (χ1v) is 9.20. The third-order valence-corrected chi connectivity index (χ3v) is 6.41. The van der Waals surface area contributed by atoms with Crippen LogP contribution in [0, 0.1) is 12.7 Å². The monoisotopic (exact) mass is 339 g/mol. The van der Waals surface area contributed by atoms with Gasteiger partial charge in [0.25, 0.3) is 0 Å². The van der Waals surface area contributed by atoms with Crippen molar-refractivity contribution in [2.24, 2.45) is 0 Å². The van der Waals surface area contributed by atoms with Crippen LogP contribution in [0.1, 0.15) is 44.2 Å². The number of hydrogen-bond acceptors (Lipinski definition) is 3. The Bertz CT molecular complexity index is 648. The normalized spacial score (nSPS) is 14.9. The fourth-order valence-corrected chi connectivity index (χ4v) is 3.97. The van der Waals surface area contributed by atoms with E-state index < -0.39 is 11.4 Å². The van der Waals surface area contributed by atoms with Crippen molar-refractivity contribution in [3.8, 4) is 10.4 Å². The fraction of sp³-hybridized carbons (Fsp3) is 0.412. The summed E-state index contributed by atoms with van der Waals surface area (Å²) in [4.78, 5) is 2.12. The molecule has 0 radical (unpaired) electrons. The molecular formula is C17H22FNOS2. The summed E-state index contributed by atoms with van der Waals surface area (Å²) in [7, 11) is 0. The lowest BCUT2D eigenvalue weighted by molar-refractivity contribution is 0.532. The standard InChI is InChI=1S/C17H22FNOS2/c1-11-13(7-6-8-14(11)18)16-10-9-15(21-16)12(2)19-22(20)17(3,4)5/h6-10,12,19H,1-5H3/t12-,22?/m1/s1. The van der Waals surface area contributed by atoms with E-state index in [2.05, 4.69) is 4.72 Å². The van der Waals surface area contributed by atoms with E-state index in [0.29, 0.717) is 5.56 Å². The van der Waals surface area contributed by atoms with E-state index in [1.54, 1.807) is 24.3 Å². The molecule has 2 atom stereocenters. The molecule has 2 aromatic rings. The van der Waals surface area contributed by atoms with Gasteiger partial charge in [0, 0.05) is 21.1 Å². The summed E-state index contributed by atoms with van der Waals surface area (Å²) >= 11 is 0.491. The maximum atomic E-state index is 13.7. The van der Waals surface area contributed by atoms with Crippen molar-refractivity contribution in [1.82, 2.24) is 4.72 Å². The lowest BCUT2D eigenvalue weighted by atomic mass is 10.1. The van der Waals surface area contributed by atoms with Crippen LogP contribution in [0.4, 0.5) is 4.39 Å². The molecule has 1 unspecified atom stereocenters. The topological polar surface area (TPSA) is 35.1 Å². The Morgan fingerprint density at radius 1 is 1.23 bits per heavy atom. The van der Waals surface area contributed by atoms with Gasteiger partial charge in [-0.3, -0.25) is 0 Å². The zero-order chi connectivity index (χ0) is 16.5. The smallest absolute Gasteiger partial charge is 0.136 e. The van der Waals surface area contributed by atoms with Crippen molar-refractivity contribution in [2.75, 3.05) is 0 Å². The molecule has 5 heteroatoms. The molecule has 0 aliphatic heterocycles. The molecule has 22 heavy (non-hydrogen) atoms. The van der Waals surface area contributed by atoms with Crippen LogP contribution in [-0.4, -0.2) is 9.30 Å². The second-order valence-corrected chi connectivity index (χ2v) is 9.45. The average molecular weight is 340 g/mol. The second kappa shape index (κ2) is 6.71. The zero-order valence-electron chi connectivity index (χ0n) is 13.6. The Hall–Kier alpha value is -0.880. The van der Waals surface area contributed by atoms with Crippen molar-refractivity contribution in [3.63, 3.8) is 0 Å². The lowest BCUT2D eigenvalue weighted by Gasteiger charge is -2.26. The van der Waals surface area contributed by atoms with Crippen LogP contribution in [0.15, 0.2) is 30.3 Å². The number of nitrogens with one attached hydrogen (secondary N) is 1. The maximum absolute atomic E-state index is 13.7. The minimum absolute atomic E-state index is 0.00678. The zero-order valence-corrected chi connectivity index (χ0v) is 15.2. The summed E-state index contributed by atoms with van der Waals surface area (Å²) in [5, 5.41) is 0. The molecule has 1 N–H and O–H groups in total. The van der Waals surface area contributed by atoms with Gasteiger partial charge >= 0.3 is 0 Å². The number of hydrogen-bond donors (Lipinski definition) is 1. The van der Waals surface area contributed by atoms with E-state index in [1.807, 2.05) is 45.9 Å². The number of benzene rings is 1. The molecule has 1 heterocycles. The van der Waals surface area contributed by atoms with Gasteiger partial charge in [-0.05, 0) is 63.9 Å². The highest BCUT2D eigenvalue weighted by Crippen LogP contribution is 2.34. The molecule has 0 amide bonds. The first-order valence-electron chi connectivity index (χ1n) is 7.23. The summed E-state index contributed by atoms with van der Waals surface area (Å²) in [5.74, 6) is -0.188. The Morgan fingerprint density at radius 3 is 2.55 bits per heavy atom. The highest BCUT2D eigenvalue weighted by atomic mass is 32.2. The molecule has 0 saturated heterocycles. The first kappa shape index (κ1) is 17.5. The van der Waals surface area contributed by atoms with Crippen LogP contribution < -0.4 is 4.72 Å². The summed E-state index contributed by atoms with van der Waals surface area (Å²) in [6, 6.07) is 9.14. The Morgan fingerprint density at radius 2 is 1.91 bits per heavy atom. The van der Waals surface area contributed by atoms with Crippen molar-refractivity contribution < 1.29 is 8.94 Å². The van der Waals surface area contributed by atoms with Crippen molar-refractivity contribution >= 4 is 22.7 Å². The molecule has 1 aromatic heterocycles. The molecule has 1 aromatic carbocycles. The van der Waals surface area contributed by atoms with Gasteiger partial charge in [0.1, 0.15) is 10.6 Å². The van der Waals surface area contributed by atoms with E-state index in [-0.39, 0.29) is 16.6 Å². The maximum Gasteiger partial charge on any atom is 0.136 e. The fourth-order valence-electron chi connectivity index (χ4n) is 2.00. The van der Waals surface area contributed by atoms with Crippen molar-refractivity contribution in [1.29, 1.82) is 0 Å². The summed E-state index contributed by atoms with van der Waals surface area (Å²) < 4.78 is 28.7. The molecule has 0 aliphatic carbocycles. The second-order valence-electron chi connectivity index (χ2n) is 6.34. The Balaban J connectivity index is 2.19. The molecule has 120 valence electrons. The van der Waals surface area contributed by atoms with Gasteiger partial charge in [-0.25, -0.2) is 4.39 Å². The van der Waals surface area contributed by atoms with Crippen LogP contribution in [0.3, 0.4) is 0 Å². The molecule has 0 bridgehead atoms. The van der Waals surface area contributed by atoms with Gasteiger partial charge in [-0.1, -0.05) is 12.1 Å². The summed E-state index contributed by atoms with van der Waals surface area (Å²) in [6.45, 7) is 9.62. The van der Waals surface area contributed by atoms with Crippen molar-refractivity contribution in [3.05, 3.63) is 46.6 Å². The van der Waals surface area contributed by atoms with Crippen LogP contribution >= 0.6 is 11.3 Å². The molecule has 0 aliphatic rings. The van der Waals surface area contributed by atoms with Crippen LogP contribution in [0.2, 0.25) is 0 Å². The predicted molar refractivity (Wildman–Crippen MR) is 93.9 cm³/mol. The van der Waals surface area contributed by atoms with E-state index >= 15 is 0 Å². The van der Waals surface area contributed by atoms with Crippen LogP contribution in [0.25, 0.3) is 10.4 Å². The van der Waals surface area contributed by atoms with E-state index in [1.165, 1.54) is 6.07 Å². The van der Waals surface area contributed by atoms with Gasteiger partial charge in [-0.2, -0.15) is 0 Å². The lowest BCUT2D eigenvalue weighted by Crippen LogP contribution is -2.40.